The monoisotopic (exact) mass is 261 g/mol. The van der Waals surface area contributed by atoms with Gasteiger partial charge in [-0.1, -0.05) is 18.2 Å². The van der Waals surface area contributed by atoms with E-state index in [-0.39, 0.29) is 11.6 Å². The lowest BCUT2D eigenvalue weighted by Crippen LogP contribution is -2.04. The first-order valence-corrected chi connectivity index (χ1v) is 5.48. The molecule has 0 aliphatic heterocycles. The molecule has 0 atom stereocenters. The average Bonchev–Trinajstić information content (AvgIpc) is 2.66. The van der Waals surface area contributed by atoms with Crippen molar-refractivity contribution in [2.75, 3.05) is 0 Å². The fourth-order valence-corrected chi connectivity index (χ4v) is 1.70. The molecule has 19 heavy (non-hydrogen) atoms. The maximum Gasteiger partial charge on any atom is 0.353 e. The van der Waals surface area contributed by atoms with E-state index in [0.717, 1.165) is 0 Å². The highest BCUT2D eigenvalue weighted by Gasteiger charge is 2.28. The molecule has 7 nitrogen and oxygen atoms in total. The standard InChI is InChI=1S/C12H11N3O4/c1-8-11(15(17)18)12(19-9(2)16)13-14(8)10-6-4-3-5-7-10/h3-7H,1-2H3. The van der Waals surface area contributed by atoms with Gasteiger partial charge in [-0.2, -0.15) is 0 Å². The number of carbonyl (C=O) groups is 1. The van der Waals surface area contributed by atoms with Crippen LogP contribution in [0.3, 0.4) is 0 Å². The molecule has 0 aliphatic carbocycles. The number of rotatable bonds is 3. The van der Waals surface area contributed by atoms with Gasteiger partial charge in [0, 0.05) is 6.92 Å². The summed E-state index contributed by atoms with van der Waals surface area (Å²) in [6.07, 6.45) is 0. The predicted octanol–water partition coefficient (Wildman–Crippen LogP) is 2.01. The summed E-state index contributed by atoms with van der Waals surface area (Å²) in [7, 11) is 0. The van der Waals surface area contributed by atoms with Crippen LogP contribution in [0.1, 0.15) is 12.6 Å². The zero-order valence-electron chi connectivity index (χ0n) is 10.4. The molecule has 0 radical (unpaired) electrons. The molecule has 2 aromatic rings. The Hall–Kier alpha value is -2.70. The number of carbonyl (C=O) groups excluding carboxylic acids is 1. The van der Waals surface area contributed by atoms with Gasteiger partial charge in [0.05, 0.1) is 10.6 Å². The lowest BCUT2D eigenvalue weighted by atomic mass is 10.3. The molecule has 0 N–H and O–H groups in total. The van der Waals surface area contributed by atoms with Crippen molar-refractivity contribution in [3.63, 3.8) is 0 Å². The molecule has 1 heterocycles. The van der Waals surface area contributed by atoms with Crippen LogP contribution in [0.4, 0.5) is 5.69 Å². The third kappa shape index (κ3) is 2.44. The van der Waals surface area contributed by atoms with Gasteiger partial charge in [0.2, 0.25) is 0 Å². The van der Waals surface area contributed by atoms with Crippen LogP contribution in [0.15, 0.2) is 30.3 Å². The number of nitrogens with zero attached hydrogens (tertiary/aromatic N) is 3. The van der Waals surface area contributed by atoms with Gasteiger partial charge in [0.1, 0.15) is 5.69 Å². The molecule has 0 fully saturated rings. The van der Waals surface area contributed by atoms with E-state index in [1.165, 1.54) is 11.6 Å². The summed E-state index contributed by atoms with van der Waals surface area (Å²) in [5, 5.41) is 15.0. The Morgan fingerprint density at radius 2 is 2.00 bits per heavy atom. The third-order valence-electron chi connectivity index (χ3n) is 2.48. The summed E-state index contributed by atoms with van der Waals surface area (Å²) in [5.74, 6) is -0.945. The van der Waals surface area contributed by atoms with Gasteiger partial charge in [-0.25, -0.2) is 4.68 Å². The maximum atomic E-state index is 11.0. The number of hydrogen-bond acceptors (Lipinski definition) is 5. The van der Waals surface area contributed by atoms with Crippen molar-refractivity contribution in [3.05, 3.63) is 46.1 Å². The first-order chi connectivity index (χ1) is 9.00. The Morgan fingerprint density at radius 3 is 2.53 bits per heavy atom. The van der Waals surface area contributed by atoms with Crippen LogP contribution < -0.4 is 4.74 Å². The highest BCUT2D eigenvalue weighted by Crippen LogP contribution is 2.31. The van der Waals surface area contributed by atoms with E-state index in [2.05, 4.69) is 5.10 Å². The number of ether oxygens (including phenoxy) is 1. The van der Waals surface area contributed by atoms with Crippen molar-refractivity contribution in [1.29, 1.82) is 0 Å². The van der Waals surface area contributed by atoms with E-state index in [0.29, 0.717) is 11.4 Å². The van der Waals surface area contributed by atoms with Gasteiger partial charge in [0.25, 0.3) is 0 Å². The molecule has 2 rings (SSSR count). The van der Waals surface area contributed by atoms with Crippen molar-refractivity contribution in [1.82, 2.24) is 9.78 Å². The molecule has 0 saturated carbocycles. The lowest BCUT2D eigenvalue weighted by Gasteiger charge is -2.01. The number of aromatic nitrogens is 2. The highest BCUT2D eigenvalue weighted by atomic mass is 16.6. The predicted molar refractivity (Wildman–Crippen MR) is 66.3 cm³/mol. The minimum atomic E-state index is -0.652. The van der Waals surface area contributed by atoms with Gasteiger partial charge in [0.15, 0.2) is 0 Å². The van der Waals surface area contributed by atoms with Gasteiger partial charge in [-0.15, -0.1) is 5.10 Å². The van der Waals surface area contributed by atoms with Crippen LogP contribution >= 0.6 is 0 Å². The molecule has 98 valence electrons. The molecular weight excluding hydrogens is 250 g/mol. The van der Waals surface area contributed by atoms with E-state index >= 15 is 0 Å². The molecule has 0 spiro atoms. The summed E-state index contributed by atoms with van der Waals surface area (Å²) >= 11 is 0. The highest BCUT2D eigenvalue weighted by molar-refractivity contribution is 5.70. The number of nitro groups is 1. The minimum absolute atomic E-state index is 0.293. The summed E-state index contributed by atoms with van der Waals surface area (Å²) in [6, 6.07) is 8.90. The Kier molecular flexibility index (Phi) is 3.28. The number of para-hydroxylation sites is 1. The summed E-state index contributed by atoms with van der Waals surface area (Å²) < 4.78 is 6.15. The number of esters is 1. The fourth-order valence-electron chi connectivity index (χ4n) is 1.70. The molecule has 0 aliphatic rings. The zero-order valence-corrected chi connectivity index (χ0v) is 10.4. The van der Waals surface area contributed by atoms with Crippen molar-refractivity contribution in [2.45, 2.75) is 13.8 Å². The second kappa shape index (κ2) is 4.89. The molecule has 0 saturated heterocycles. The fraction of sp³-hybridized carbons (Fsp3) is 0.167. The van der Waals surface area contributed by atoms with E-state index in [1.807, 2.05) is 6.07 Å². The minimum Gasteiger partial charge on any atom is -0.400 e. The van der Waals surface area contributed by atoms with Crippen LogP contribution in [0.2, 0.25) is 0 Å². The smallest absolute Gasteiger partial charge is 0.353 e. The van der Waals surface area contributed by atoms with Gasteiger partial charge in [-0.3, -0.25) is 14.9 Å². The van der Waals surface area contributed by atoms with Crippen molar-refractivity contribution in [2.24, 2.45) is 0 Å². The molecule has 1 aromatic carbocycles. The molecule has 1 aromatic heterocycles. The number of benzene rings is 1. The quantitative estimate of drug-likeness (QED) is 0.479. The van der Waals surface area contributed by atoms with Crippen molar-refractivity contribution >= 4 is 11.7 Å². The van der Waals surface area contributed by atoms with E-state index in [1.54, 1.807) is 31.2 Å². The van der Waals surface area contributed by atoms with Gasteiger partial charge >= 0.3 is 17.5 Å². The Balaban J connectivity index is 2.58. The van der Waals surface area contributed by atoms with Gasteiger partial charge < -0.3 is 4.74 Å². The Labute approximate surface area is 108 Å². The second-order valence-electron chi connectivity index (χ2n) is 3.84. The van der Waals surface area contributed by atoms with E-state index < -0.39 is 10.9 Å². The second-order valence-corrected chi connectivity index (χ2v) is 3.84. The third-order valence-corrected chi connectivity index (χ3v) is 2.48. The lowest BCUT2D eigenvalue weighted by molar-refractivity contribution is -0.386. The summed E-state index contributed by atoms with van der Waals surface area (Å²) in [4.78, 5) is 21.4. The Morgan fingerprint density at radius 1 is 1.37 bits per heavy atom. The first kappa shape index (κ1) is 12.7. The van der Waals surface area contributed by atoms with Crippen LogP contribution in [0, 0.1) is 17.0 Å². The normalized spacial score (nSPS) is 10.2. The molecule has 0 bridgehead atoms. The molecule has 0 amide bonds. The molecular formula is C12H11N3O4. The van der Waals surface area contributed by atoms with Crippen LogP contribution in [-0.4, -0.2) is 20.7 Å². The van der Waals surface area contributed by atoms with Crippen LogP contribution in [0.5, 0.6) is 5.88 Å². The summed E-state index contributed by atoms with van der Waals surface area (Å²) in [6.45, 7) is 2.71. The van der Waals surface area contributed by atoms with Crippen LogP contribution in [0.25, 0.3) is 5.69 Å². The first-order valence-electron chi connectivity index (χ1n) is 5.48. The SMILES string of the molecule is CC(=O)Oc1nn(-c2ccccc2)c(C)c1[N+](=O)[O-]. The molecule has 0 unspecified atom stereocenters. The number of hydrogen-bond donors (Lipinski definition) is 0. The van der Waals surface area contributed by atoms with E-state index in [4.69, 9.17) is 4.74 Å². The van der Waals surface area contributed by atoms with E-state index in [9.17, 15) is 14.9 Å². The van der Waals surface area contributed by atoms with Crippen LogP contribution in [-0.2, 0) is 4.79 Å². The largest absolute Gasteiger partial charge is 0.400 e. The van der Waals surface area contributed by atoms with Gasteiger partial charge in [-0.05, 0) is 19.1 Å². The molecule has 7 heteroatoms. The summed E-state index contributed by atoms with van der Waals surface area (Å²) in [5.41, 5.74) is 0.646. The topological polar surface area (TPSA) is 87.3 Å². The van der Waals surface area contributed by atoms with Crippen molar-refractivity contribution in [3.8, 4) is 11.6 Å². The zero-order chi connectivity index (χ0) is 14.0. The van der Waals surface area contributed by atoms with Crippen molar-refractivity contribution < 1.29 is 14.5 Å². The Bertz CT molecular complexity index is 634. The maximum absolute atomic E-state index is 11.0. The average molecular weight is 261 g/mol.